The molecule has 120 valence electrons. The summed E-state index contributed by atoms with van der Waals surface area (Å²) in [5, 5.41) is 0. The van der Waals surface area contributed by atoms with E-state index < -0.39 is 16.1 Å². The molecule has 4 heteroatoms. The molecule has 21 heavy (non-hydrogen) atoms. The van der Waals surface area contributed by atoms with Crippen LogP contribution in [0.2, 0.25) is 39.3 Å². The lowest BCUT2D eigenvalue weighted by molar-refractivity contribution is -0.164. The smallest absolute Gasteiger partial charge is 0.169 e. The van der Waals surface area contributed by atoms with Gasteiger partial charge in [-0.05, 0) is 12.8 Å². The third-order valence-electron chi connectivity index (χ3n) is 3.99. The predicted molar refractivity (Wildman–Crippen MR) is 96.0 cm³/mol. The van der Waals surface area contributed by atoms with Crippen molar-refractivity contribution in [3.63, 3.8) is 0 Å². The highest BCUT2D eigenvalue weighted by Crippen LogP contribution is 2.39. The standard InChI is InChI=1S/C17H32O2Si2/c1-20(2,3)13-15-7-9-17(18-11-12-19-17)10-8-16(15)14-21(4,5)6/h13-14H,7-12H2,1-6H3. The van der Waals surface area contributed by atoms with Crippen molar-refractivity contribution in [1.82, 2.24) is 0 Å². The van der Waals surface area contributed by atoms with Gasteiger partial charge in [0.15, 0.2) is 5.79 Å². The molecule has 1 aliphatic heterocycles. The van der Waals surface area contributed by atoms with Crippen LogP contribution in [0.15, 0.2) is 22.5 Å². The minimum Gasteiger partial charge on any atom is -0.348 e. The molecule has 0 aromatic heterocycles. The third kappa shape index (κ3) is 5.20. The Morgan fingerprint density at radius 1 is 0.762 bits per heavy atom. The number of ether oxygens (including phenoxy) is 2. The van der Waals surface area contributed by atoms with Crippen LogP contribution >= 0.6 is 0 Å². The Hall–Kier alpha value is -0.166. The zero-order chi connectivity index (χ0) is 15.7. The van der Waals surface area contributed by atoms with Crippen LogP contribution in [0.3, 0.4) is 0 Å². The van der Waals surface area contributed by atoms with Gasteiger partial charge < -0.3 is 9.47 Å². The quantitative estimate of drug-likeness (QED) is 0.672. The van der Waals surface area contributed by atoms with Crippen molar-refractivity contribution in [3.05, 3.63) is 22.5 Å². The second kappa shape index (κ2) is 6.15. The first-order valence-corrected chi connectivity index (χ1v) is 15.5. The van der Waals surface area contributed by atoms with E-state index in [9.17, 15) is 0 Å². The second-order valence-corrected chi connectivity index (χ2v) is 18.7. The molecule has 2 nitrogen and oxygen atoms in total. The Morgan fingerprint density at radius 2 is 1.14 bits per heavy atom. The molecule has 2 rings (SSSR count). The number of hydrogen-bond donors (Lipinski definition) is 0. The summed E-state index contributed by atoms with van der Waals surface area (Å²) in [6, 6.07) is 0. The van der Waals surface area contributed by atoms with E-state index in [0.29, 0.717) is 0 Å². The Morgan fingerprint density at radius 3 is 1.48 bits per heavy atom. The zero-order valence-electron chi connectivity index (χ0n) is 14.7. The summed E-state index contributed by atoms with van der Waals surface area (Å²) in [6.45, 7) is 16.1. The van der Waals surface area contributed by atoms with Gasteiger partial charge in [-0.2, -0.15) is 0 Å². The Bertz CT molecular complexity index is 397. The van der Waals surface area contributed by atoms with Crippen LogP contribution < -0.4 is 0 Å². The summed E-state index contributed by atoms with van der Waals surface area (Å²) in [5.74, 6) is -0.284. The maximum atomic E-state index is 5.96. The van der Waals surface area contributed by atoms with Gasteiger partial charge in [0.1, 0.15) is 0 Å². The van der Waals surface area contributed by atoms with Gasteiger partial charge in [0.05, 0.1) is 29.4 Å². The molecule has 0 unspecified atom stereocenters. The fourth-order valence-corrected chi connectivity index (χ4v) is 6.01. The van der Waals surface area contributed by atoms with Crippen LogP contribution in [0.5, 0.6) is 0 Å². The molecule has 0 aromatic rings. The molecule has 0 atom stereocenters. The minimum atomic E-state index is -1.20. The summed E-state index contributed by atoms with van der Waals surface area (Å²) in [6.07, 6.45) is 4.26. The molecule has 0 amide bonds. The molecule has 0 N–H and O–H groups in total. The van der Waals surface area contributed by atoms with Gasteiger partial charge in [-0.1, -0.05) is 61.8 Å². The van der Waals surface area contributed by atoms with Crippen LogP contribution in [-0.4, -0.2) is 35.1 Å². The van der Waals surface area contributed by atoms with E-state index >= 15 is 0 Å². The van der Waals surface area contributed by atoms with Gasteiger partial charge in [-0.3, -0.25) is 0 Å². The van der Waals surface area contributed by atoms with Crippen molar-refractivity contribution >= 4 is 16.1 Å². The maximum absolute atomic E-state index is 5.96. The molecule has 0 radical (unpaired) electrons. The Kier molecular flexibility index (Phi) is 5.03. The molecular formula is C17H32O2Si2. The highest BCUT2D eigenvalue weighted by atomic mass is 28.3. The third-order valence-corrected chi connectivity index (χ3v) is 6.42. The topological polar surface area (TPSA) is 18.5 Å². The van der Waals surface area contributed by atoms with E-state index in [1.54, 1.807) is 11.1 Å². The van der Waals surface area contributed by atoms with Crippen molar-refractivity contribution in [2.75, 3.05) is 13.2 Å². The molecule has 1 saturated heterocycles. The van der Waals surface area contributed by atoms with Gasteiger partial charge in [-0.25, -0.2) is 0 Å². The van der Waals surface area contributed by atoms with E-state index in [1.165, 1.54) is 0 Å². The van der Waals surface area contributed by atoms with Crippen molar-refractivity contribution < 1.29 is 9.47 Å². The SMILES string of the molecule is C[Si](C)(C)C=C1CCC2(CCC1=C[Si](C)(C)C)OCCO2. The van der Waals surface area contributed by atoms with Crippen LogP contribution in [0.1, 0.15) is 25.7 Å². The van der Waals surface area contributed by atoms with E-state index in [-0.39, 0.29) is 5.79 Å². The largest absolute Gasteiger partial charge is 0.348 e. The average Bonchev–Trinajstić information content (AvgIpc) is 2.70. The lowest BCUT2D eigenvalue weighted by Gasteiger charge is -2.25. The molecule has 1 spiro atoms. The molecule has 0 bridgehead atoms. The normalized spacial score (nSPS) is 27.5. The van der Waals surface area contributed by atoms with Crippen LogP contribution in [0.25, 0.3) is 0 Å². The summed E-state index contributed by atoms with van der Waals surface area (Å²) in [5.41, 5.74) is 8.39. The van der Waals surface area contributed by atoms with Crippen molar-refractivity contribution in [2.24, 2.45) is 0 Å². The first kappa shape index (κ1) is 17.2. The molecule has 2 aliphatic rings. The van der Waals surface area contributed by atoms with Crippen molar-refractivity contribution in [2.45, 2.75) is 70.8 Å². The lowest BCUT2D eigenvalue weighted by Crippen LogP contribution is -2.28. The number of hydrogen-bond acceptors (Lipinski definition) is 2. The molecule has 2 fully saturated rings. The van der Waals surface area contributed by atoms with Crippen molar-refractivity contribution in [3.8, 4) is 0 Å². The Balaban J connectivity index is 2.30. The zero-order valence-corrected chi connectivity index (χ0v) is 16.7. The lowest BCUT2D eigenvalue weighted by atomic mass is 10.1. The van der Waals surface area contributed by atoms with Gasteiger partial charge >= 0.3 is 0 Å². The summed E-state index contributed by atoms with van der Waals surface area (Å²) in [7, 11) is -2.41. The predicted octanol–water partition coefficient (Wildman–Crippen LogP) is 4.91. The molecule has 1 aliphatic carbocycles. The minimum absolute atomic E-state index is 0.284. The first-order valence-electron chi connectivity index (χ1n) is 8.30. The first-order chi connectivity index (χ1) is 9.59. The van der Waals surface area contributed by atoms with E-state index in [1.807, 2.05) is 0 Å². The van der Waals surface area contributed by atoms with E-state index in [4.69, 9.17) is 9.47 Å². The van der Waals surface area contributed by atoms with Crippen LogP contribution in [0.4, 0.5) is 0 Å². The Labute approximate surface area is 132 Å². The molecule has 0 aromatic carbocycles. The van der Waals surface area contributed by atoms with Gasteiger partial charge in [0.2, 0.25) is 0 Å². The highest BCUT2D eigenvalue weighted by molar-refractivity contribution is 6.82. The highest BCUT2D eigenvalue weighted by Gasteiger charge is 2.38. The van der Waals surface area contributed by atoms with Gasteiger partial charge in [0, 0.05) is 12.8 Å². The van der Waals surface area contributed by atoms with Crippen LogP contribution in [0, 0.1) is 0 Å². The van der Waals surface area contributed by atoms with Crippen molar-refractivity contribution in [1.29, 1.82) is 0 Å². The summed E-state index contributed by atoms with van der Waals surface area (Å²) >= 11 is 0. The van der Waals surface area contributed by atoms with Gasteiger partial charge in [0.25, 0.3) is 0 Å². The molecule has 1 heterocycles. The second-order valence-electron chi connectivity index (χ2n) is 8.68. The van der Waals surface area contributed by atoms with E-state index in [2.05, 4.69) is 50.7 Å². The number of allylic oxidation sites excluding steroid dienone is 2. The van der Waals surface area contributed by atoms with Gasteiger partial charge in [-0.15, -0.1) is 0 Å². The number of rotatable bonds is 2. The molecule has 1 saturated carbocycles. The average molecular weight is 325 g/mol. The summed E-state index contributed by atoms with van der Waals surface area (Å²) in [4.78, 5) is 0. The molecular weight excluding hydrogens is 292 g/mol. The summed E-state index contributed by atoms with van der Waals surface area (Å²) < 4.78 is 11.9. The maximum Gasteiger partial charge on any atom is 0.169 e. The van der Waals surface area contributed by atoms with Crippen LogP contribution in [-0.2, 0) is 9.47 Å². The fourth-order valence-electron chi connectivity index (χ4n) is 3.26. The van der Waals surface area contributed by atoms with E-state index in [0.717, 1.165) is 38.9 Å². The monoisotopic (exact) mass is 324 g/mol. The fraction of sp³-hybridized carbons (Fsp3) is 0.765.